The Labute approximate surface area is 201 Å². The summed E-state index contributed by atoms with van der Waals surface area (Å²) in [5, 5.41) is 5.85. The van der Waals surface area contributed by atoms with Crippen LogP contribution in [0.5, 0.6) is 0 Å². The Morgan fingerprint density at radius 3 is 2.59 bits per heavy atom. The van der Waals surface area contributed by atoms with Gasteiger partial charge in [0.05, 0.1) is 11.7 Å². The number of methoxy groups -OCH3 is 1. The molecule has 1 unspecified atom stereocenters. The SMILES string of the molecule is COCC(=O)Nc1ccc(N2CCC(Cc3ccccc3)CC2)c(C(=O)NCC2CCCO2)c1. The van der Waals surface area contributed by atoms with Gasteiger partial charge in [-0.25, -0.2) is 0 Å². The molecule has 0 aliphatic carbocycles. The minimum Gasteiger partial charge on any atom is -0.376 e. The highest BCUT2D eigenvalue weighted by atomic mass is 16.5. The van der Waals surface area contributed by atoms with E-state index in [2.05, 4.69) is 45.9 Å². The molecule has 182 valence electrons. The first-order chi connectivity index (χ1) is 16.6. The Morgan fingerprint density at radius 2 is 1.88 bits per heavy atom. The van der Waals surface area contributed by atoms with E-state index in [1.807, 2.05) is 12.1 Å². The van der Waals surface area contributed by atoms with Crippen molar-refractivity contribution in [2.45, 2.75) is 38.2 Å². The molecule has 0 aromatic heterocycles. The normalized spacial score (nSPS) is 18.6. The summed E-state index contributed by atoms with van der Waals surface area (Å²) in [7, 11) is 1.48. The van der Waals surface area contributed by atoms with Crippen molar-refractivity contribution in [3.05, 3.63) is 59.7 Å². The second-order valence-electron chi connectivity index (χ2n) is 9.18. The summed E-state index contributed by atoms with van der Waals surface area (Å²) in [6.45, 7) is 3.03. The third-order valence-corrected chi connectivity index (χ3v) is 6.64. The van der Waals surface area contributed by atoms with Gasteiger partial charge in [-0.05, 0) is 61.8 Å². The van der Waals surface area contributed by atoms with Crippen LogP contribution in [0.2, 0.25) is 0 Å². The molecule has 0 radical (unpaired) electrons. The van der Waals surface area contributed by atoms with Crippen LogP contribution in [0.3, 0.4) is 0 Å². The van der Waals surface area contributed by atoms with E-state index in [4.69, 9.17) is 9.47 Å². The molecule has 2 aromatic rings. The highest BCUT2D eigenvalue weighted by Crippen LogP contribution is 2.30. The van der Waals surface area contributed by atoms with Crippen molar-refractivity contribution in [2.24, 2.45) is 5.92 Å². The molecule has 2 saturated heterocycles. The zero-order valence-electron chi connectivity index (χ0n) is 19.9. The van der Waals surface area contributed by atoms with Crippen molar-refractivity contribution in [3.63, 3.8) is 0 Å². The minimum atomic E-state index is -0.248. The van der Waals surface area contributed by atoms with Gasteiger partial charge in [-0.3, -0.25) is 9.59 Å². The van der Waals surface area contributed by atoms with Crippen molar-refractivity contribution >= 4 is 23.2 Å². The second-order valence-corrected chi connectivity index (χ2v) is 9.18. The number of benzene rings is 2. The molecule has 2 heterocycles. The fourth-order valence-corrected chi connectivity index (χ4v) is 4.83. The molecule has 7 nitrogen and oxygen atoms in total. The lowest BCUT2D eigenvalue weighted by molar-refractivity contribution is -0.119. The summed E-state index contributed by atoms with van der Waals surface area (Å²) in [5.74, 6) is 0.255. The summed E-state index contributed by atoms with van der Waals surface area (Å²) in [4.78, 5) is 27.5. The molecular formula is C27H35N3O4. The van der Waals surface area contributed by atoms with Gasteiger partial charge in [0.1, 0.15) is 6.61 Å². The van der Waals surface area contributed by atoms with Crippen LogP contribution < -0.4 is 15.5 Å². The molecule has 7 heteroatoms. The number of carbonyl (C=O) groups is 2. The van der Waals surface area contributed by atoms with Crippen LogP contribution in [0, 0.1) is 5.92 Å². The van der Waals surface area contributed by atoms with E-state index < -0.39 is 0 Å². The van der Waals surface area contributed by atoms with Gasteiger partial charge in [-0.1, -0.05) is 30.3 Å². The highest BCUT2D eigenvalue weighted by Gasteiger charge is 2.24. The maximum absolute atomic E-state index is 13.2. The van der Waals surface area contributed by atoms with E-state index in [1.54, 1.807) is 6.07 Å². The standard InChI is InChI=1S/C27H35N3O4/c1-33-19-26(31)29-22-9-10-25(24(17-22)27(32)28-18-23-8-5-15-34-23)30-13-11-21(12-14-30)16-20-6-3-2-4-7-20/h2-4,6-7,9-10,17,21,23H,5,8,11-16,18-19H2,1H3,(H,28,32)(H,29,31). The van der Waals surface area contributed by atoms with E-state index in [0.717, 1.165) is 57.5 Å². The third kappa shape index (κ3) is 6.58. The number of rotatable bonds is 9. The van der Waals surface area contributed by atoms with Crippen molar-refractivity contribution < 1.29 is 19.1 Å². The lowest BCUT2D eigenvalue weighted by Crippen LogP contribution is -2.37. The van der Waals surface area contributed by atoms with Crippen molar-refractivity contribution in [3.8, 4) is 0 Å². The van der Waals surface area contributed by atoms with Crippen LogP contribution in [0.4, 0.5) is 11.4 Å². The number of hydrogen-bond acceptors (Lipinski definition) is 5. The zero-order valence-corrected chi connectivity index (χ0v) is 19.9. The largest absolute Gasteiger partial charge is 0.376 e. The Balaban J connectivity index is 1.45. The molecule has 0 bridgehead atoms. The van der Waals surface area contributed by atoms with Gasteiger partial charge in [0.15, 0.2) is 0 Å². The summed E-state index contributed by atoms with van der Waals surface area (Å²) in [6, 6.07) is 16.2. The summed E-state index contributed by atoms with van der Waals surface area (Å²) >= 11 is 0. The molecule has 0 saturated carbocycles. The monoisotopic (exact) mass is 465 g/mol. The van der Waals surface area contributed by atoms with Crippen LogP contribution >= 0.6 is 0 Å². The molecular weight excluding hydrogens is 430 g/mol. The summed E-state index contributed by atoms with van der Waals surface area (Å²) in [5.41, 5.74) is 3.46. The molecule has 2 aliphatic rings. The number of amides is 2. The van der Waals surface area contributed by atoms with Gasteiger partial charge in [0.2, 0.25) is 5.91 Å². The van der Waals surface area contributed by atoms with Gasteiger partial charge in [0.25, 0.3) is 5.91 Å². The molecule has 2 aromatic carbocycles. The number of nitrogens with zero attached hydrogens (tertiary/aromatic N) is 1. The van der Waals surface area contributed by atoms with Crippen molar-refractivity contribution in [1.29, 1.82) is 0 Å². The number of nitrogens with one attached hydrogen (secondary N) is 2. The highest BCUT2D eigenvalue weighted by molar-refractivity contribution is 6.02. The fourth-order valence-electron chi connectivity index (χ4n) is 4.83. The van der Waals surface area contributed by atoms with Crippen molar-refractivity contribution in [1.82, 2.24) is 5.32 Å². The fraction of sp³-hybridized carbons (Fsp3) is 0.481. The third-order valence-electron chi connectivity index (χ3n) is 6.64. The quantitative estimate of drug-likeness (QED) is 0.591. The molecule has 2 aliphatic heterocycles. The van der Waals surface area contributed by atoms with E-state index in [0.29, 0.717) is 23.7 Å². The predicted molar refractivity (Wildman–Crippen MR) is 133 cm³/mol. The van der Waals surface area contributed by atoms with Crippen molar-refractivity contribution in [2.75, 3.05) is 50.2 Å². The molecule has 2 amide bonds. The Morgan fingerprint density at radius 1 is 1.09 bits per heavy atom. The van der Waals surface area contributed by atoms with Crippen LogP contribution in [-0.2, 0) is 20.7 Å². The molecule has 2 fully saturated rings. The molecule has 1 atom stereocenters. The van der Waals surface area contributed by atoms with Crippen LogP contribution in [0.1, 0.15) is 41.6 Å². The van der Waals surface area contributed by atoms with Gasteiger partial charge in [-0.2, -0.15) is 0 Å². The molecule has 0 spiro atoms. The average Bonchev–Trinajstić information content (AvgIpc) is 3.38. The number of anilines is 2. The maximum atomic E-state index is 13.2. The lowest BCUT2D eigenvalue weighted by Gasteiger charge is -2.35. The molecule has 34 heavy (non-hydrogen) atoms. The van der Waals surface area contributed by atoms with Crippen LogP contribution in [-0.4, -0.2) is 57.9 Å². The predicted octanol–water partition coefficient (Wildman–Crippen LogP) is 3.64. The number of hydrogen-bond donors (Lipinski definition) is 2. The Kier molecular flexibility index (Phi) is 8.55. The molecule has 2 N–H and O–H groups in total. The lowest BCUT2D eigenvalue weighted by atomic mass is 9.89. The first-order valence-electron chi connectivity index (χ1n) is 12.2. The Bertz CT molecular complexity index is 952. The number of piperidine rings is 1. The topological polar surface area (TPSA) is 79.9 Å². The smallest absolute Gasteiger partial charge is 0.253 e. The minimum absolute atomic E-state index is 0.0305. The van der Waals surface area contributed by atoms with E-state index >= 15 is 0 Å². The summed E-state index contributed by atoms with van der Waals surface area (Å²) in [6.07, 6.45) is 5.33. The van der Waals surface area contributed by atoms with E-state index in [-0.39, 0.29) is 24.5 Å². The molecule has 4 rings (SSSR count). The number of ether oxygens (including phenoxy) is 2. The Hall–Kier alpha value is -2.90. The second kappa shape index (κ2) is 12.0. The van der Waals surface area contributed by atoms with Gasteiger partial charge in [-0.15, -0.1) is 0 Å². The average molecular weight is 466 g/mol. The zero-order chi connectivity index (χ0) is 23.8. The van der Waals surface area contributed by atoms with Crippen LogP contribution in [0.25, 0.3) is 0 Å². The first kappa shape index (κ1) is 24.2. The van der Waals surface area contributed by atoms with E-state index in [1.165, 1.54) is 12.7 Å². The van der Waals surface area contributed by atoms with Gasteiger partial charge < -0.3 is 25.0 Å². The van der Waals surface area contributed by atoms with Gasteiger partial charge in [0, 0.05) is 44.7 Å². The number of carbonyl (C=O) groups excluding carboxylic acids is 2. The van der Waals surface area contributed by atoms with E-state index in [9.17, 15) is 9.59 Å². The summed E-state index contributed by atoms with van der Waals surface area (Å²) < 4.78 is 10.6. The first-order valence-corrected chi connectivity index (χ1v) is 12.2. The van der Waals surface area contributed by atoms with Gasteiger partial charge >= 0.3 is 0 Å². The maximum Gasteiger partial charge on any atom is 0.253 e. The van der Waals surface area contributed by atoms with Crippen LogP contribution in [0.15, 0.2) is 48.5 Å².